The molecule has 0 N–H and O–H groups in total. The zero-order valence-corrected chi connectivity index (χ0v) is 12.1. The first kappa shape index (κ1) is 12.5. The minimum absolute atomic E-state index is 0.0667. The molecular formula is C15H11ClO2S. The summed E-state index contributed by atoms with van der Waals surface area (Å²) in [5, 5.41) is 1.53. The predicted molar refractivity (Wildman–Crippen MR) is 78.4 cm³/mol. The van der Waals surface area contributed by atoms with Crippen LogP contribution < -0.4 is 0 Å². The topological polar surface area (TPSA) is 30.2 Å². The maximum absolute atomic E-state index is 12.4. The molecule has 0 aliphatic carbocycles. The van der Waals surface area contributed by atoms with E-state index in [4.69, 9.17) is 16.0 Å². The highest BCUT2D eigenvalue weighted by molar-refractivity contribution is 7.14. The molecule has 4 heteroatoms. The number of thiophene rings is 1. The first-order chi connectivity index (χ1) is 9.06. The van der Waals surface area contributed by atoms with Crippen LogP contribution in [0.2, 0.25) is 5.02 Å². The number of furan rings is 1. The van der Waals surface area contributed by atoms with Gasteiger partial charge in [0.15, 0.2) is 5.76 Å². The number of rotatable bonds is 2. The molecule has 0 saturated carbocycles. The largest absolute Gasteiger partial charge is 0.452 e. The molecule has 0 amide bonds. The van der Waals surface area contributed by atoms with Crippen molar-refractivity contribution in [1.82, 2.24) is 0 Å². The molecule has 1 aromatic carbocycles. The quantitative estimate of drug-likeness (QED) is 0.622. The van der Waals surface area contributed by atoms with Gasteiger partial charge in [0, 0.05) is 20.8 Å². The second-order valence-corrected chi connectivity index (χ2v) is 6.16. The number of carbonyl (C=O) groups excluding carboxylic acids is 1. The number of carbonyl (C=O) groups is 1. The van der Waals surface area contributed by atoms with Crippen LogP contribution >= 0.6 is 22.9 Å². The van der Waals surface area contributed by atoms with Crippen molar-refractivity contribution in [3.05, 3.63) is 56.4 Å². The molecule has 2 heterocycles. The van der Waals surface area contributed by atoms with Crippen LogP contribution in [0.3, 0.4) is 0 Å². The van der Waals surface area contributed by atoms with Crippen molar-refractivity contribution in [1.29, 1.82) is 0 Å². The molecule has 0 unspecified atom stereocenters. The van der Waals surface area contributed by atoms with Crippen LogP contribution in [0.5, 0.6) is 0 Å². The van der Waals surface area contributed by atoms with Gasteiger partial charge in [-0.2, -0.15) is 0 Å². The Hall–Kier alpha value is -1.58. The minimum atomic E-state index is -0.0667. The van der Waals surface area contributed by atoms with Gasteiger partial charge in [-0.3, -0.25) is 4.79 Å². The van der Waals surface area contributed by atoms with Crippen LogP contribution in [0, 0.1) is 13.8 Å². The smallest absolute Gasteiger partial charge is 0.238 e. The molecule has 0 saturated heterocycles. The fourth-order valence-electron chi connectivity index (χ4n) is 2.08. The van der Waals surface area contributed by atoms with Crippen LogP contribution in [0.15, 0.2) is 34.7 Å². The van der Waals surface area contributed by atoms with E-state index in [0.717, 1.165) is 15.8 Å². The number of hydrogen-bond acceptors (Lipinski definition) is 3. The summed E-state index contributed by atoms with van der Waals surface area (Å²) < 4.78 is 5.68. The Morgan fingerprint density at radius 1 is 1.21 bits per heavy atom. The van der Waals surface area contributed by atoms with Gasteiger partial charge in [0.25, 0.3) is 0 Å². The first-order valence-electron chi connectivity index (χ1n) is 5.86. The summed E-state index contributed by atoms with van der Waals surface area (Å²) in [7, 11) is 0. The average molecular weight is 291 g/mol. The van der Waals surface area contributed by atoms with Crippen molar-refractivity contribution < 1.29 is 9.21 Å². The summed E-state index contributed by atoms with van der Waals surface area (Å²) in [6, 6.07) is 9.15. The van der Waals surface area contributed by atoms with E-state index < -0.39 is 0 Å². The molecule has 2 nitrogen and oxygen atoms in total. The third-order valence-electron chi connectivity index (χ3n) is 3.07. The van der Waals surface area contributed by atoms with Crippen LogP contribution in [-0.2, 0) is 0 Å². The van der Waals surface area contributed by atoms with E-state index in [1.54, 1.807) is 12.1 Å². The molecule has 3 rings (SSSR count). The van der Waals surface area contributed by atoms with Crippen molar-refractivity contribution in [3.8, 4) is 0 Å². The molecule has 96 valence electrons. The van der Waals surface area contributed by atoms with Crippen LogP contribution in [0.4, 0.5) is 0 Å². The van der Waals surface area contributed by atoms with Gasteiger partial charge in [-0.05, 0) is 44.2 Å². The summed E-state index contributed by atoms with van der Waals surface area (Å²) in [5.41, 5.74) is 1.53. The Balaban J connectivity index is 2.15. The van der Waals surface area contributed by atoms with Gasteiger partial charge >= 0.3 is 0 Å². The SMILES string of the molecule is Cc1ccc(C(=O)c2oc3ccc(Cl)cc3c2C)s1. The molecule has 0 atom stereocenters. The van der Waals surface area contributed by atoms with Crippen LogP contribution in [0.1, 0.15) is 25.9 Å². The lowest BCUT2D eigenvalue weighted by atomic mass is 10.1. The normalized spacial score (nSPS) is 11.1. The Morgan fingerprint density at radius 2 is 2.00 bits per heavy atom. The van der Waals surface area contributed by atoms with Crippen molar-refractivity contribution in [3.63, 3.8) is 0 Å². The maximum atomic E-state index is 12.4. The summed E-state index contributed by atoms with van der Waals surface area (Å²) in [6.07, 6.45) is 0. The molecule has 2 aromatic heterocycles. The van der Waals surface area contributed by atoms with E-state index in [1.807, 2.05) is 32.0 Å². The molecule has 3 aromatic rings. The second kappa shape index (κ2) is 4.51. The minimum Gasteiger partial charge on any atom is -0.452 e. The van der Waals surface area contributed by atoms with Gasteiger partial charge < -0.3 is 4.42 Å². The van der Waals surface area contributed by atoms with E-state index in [1.165, 1.54) is 11.3 Å². The van der Waals surface area contributed by atoms with Crippen molar-refractivity contribution in [2.24, 2.45) is 0 Å². The fourth-order valence-corrected chi connectivity index (χ4v) is 3.05. The third kappa shape index (κ3) is 2.09. The number of fused-ring (bicyclic) bond motifs is 1. The monoisotopic (exact) mass is 290 g/mol. The fraction of sp³-hybridized carbons (Fsp3) is 0.133. The molecule has 0 spiro atoms. The lowest BCUT2D eigenvalue weighted by molar-refractivity contribution is 0.101. The Morgan fingerprint density at radius 3 is 2.68 bits per heavy atom. The standard InChI is InChI=1S/C15H11ClO2S/c1-8-3-6-13(19-8)14(17)15-9(2)11-7-10(16)4-5-12(11)18-15/h3-7H,1-2H3. The number of ketones is 1. The number of hydrogen-bond donors (Lipinski definition) is 0. The lowest BCUT2D eigenvalue weighted by Crippen LogP contribution is -1.98. The van der Waals surface area contributed by atoms with Crippen molar-refractivity contribution >= 4 is 39.7 Å². The zero-order chi connectivity index (χ0) is 13.6. The Labute approximate surface area is 119 Å². The van der Waals surface area contributed by atoms with E-state index in [9.17, 15) is 4.79 Å². The van der Waals surface area contributed by atoms with E-state index in [2.05, 4.69) is 0 Å². The van der Waals surface area contributed by atoms with E-state index >= 15 is 0 Å². The maximum Gasteiger partial charge on any atom is 0.238 e. The first-order valence-corrected chi connectivity index (χ1v) is 7.05. The Bertz CT molecular complexity index is 783. The average Bonchev–Trinajstić information content (AvgIpc) is 2.94. The van der Waals surface area contributed by atoms with Crippen molar-refractivity contribution in [2.45, 2.75) is 13.8 Å². The van der Waals surface area contributed by atoms with Crippen LogP contribution in [-0.4, -0.2) is 5.78 Å². The summed E-state index contributed by atoms with van der Waals surface area (Å²) in [6.45, 7) is 3.86. The van der Waals surface area contributed by atoms with Gasteiger partial charge in [-0.1, -0.05) is 11.6 Å². The second-order valence-electron chi connectivity index (χ2n) is 4.44. The summed E-state index contributed by atoms with van der Waals surface area (Å²) in [4.78, 5) is 14.2. The van der Waals surface area contributed by atoms with E-state index in [0.29, 0.717) is 21.2 Å². The number of halogens is 1. The van der Waals surface area contributed by atoms with E-state index in [-0.39, 0.29) is 5.78 Å². The van der Waals surface area contributed by atoms with Crippen LogP contribution in [0.25, 0.3) is 11.0 Å². The molecule has 19 heavy (non-hydrogen) atoms. The highest BCUT2D eigenvalue weighted by Crippen LogP contribution is 2.30. The molecule has 0 aliphatic rings. The number of aryl methyl sites for hydroxylation is 2. The molecule has 0 aliphatic heterocycles. The number of benzene rings is 1. The van der Waals surface area contributed by atoms with Crippen molar-refractivity contribution in [2.75, 3.05) is 0 Å². The zero-order valence-electron chi connectivity index (χ0n) is 10.5. The molecular weight excluding hydrogens is 280 g/mol. The molecule has 0 fully saturated rings. The molecule has 0 radical (unpaired) electrons. The van der Waals surface area contributed by atoms with Gasteiger partial charge in [0.1, 0.15) is 5.58 Å². The third-order valence-corrected chi connectivity index (χ3v) is 4.30. The van der Waals surface area contributed by atoms with Gasteiger partial charge in [-0.25, -0.2) is 0 Å². The van der Waals surface area contributed by atoms with Gasteiger partial charge in [0.05, 0.1) is 4.88 Å². The summed E-state index contributed by atoms with van der Waals surface area (Å²) >= 11 is 7.45. The van der Waals surface area contributed by atoms with Gasteiger partial charge in [0.2, 0.25) is 5.78 Å². The molecule has 0 bridgehead atoms. The Kier molecular flexibility index (Phi) is 2.96. The summed E-state index contributed by atoms with van der Waals surface area (Å²) in [5.74, 6) is 0.335. The predicted octanol–water partition coefficient (Wildman–Crippen LogP) is 5.00. The van der Waals surface area contributed by atoms with Gasteiger partial charge in [-0.15, -0.1) is 11.3 Å². The highest BCUT2D eigenvalue weighted by Gasteiger charge is 2.20. The lowest BCUT2D eigenvalue weighted by Gasteiger charge is -1.94. The highest BCUT2D eigenvalue weighted by atomic mass is 35.5.